The van der Waals surface area contributed by atoms with Gasteiger partial charge in [0.15, 0.2) is 6.61 Å². The molecule has 25 heavy (non-hydrogen) atoms. The maximum absolute atomic E-state index is 12.6. The molecule has 1 saturated carbocycles. The van der Waals surface area contributed by atoms with Crippen LogP contribution in [0, 0.1) is 0 Å². The maximum atomic E-state index is 12.6. The van der Waals surface area contributed by atoms with Gasteiger partial charge in [0.25, 0.3) is 5.91 Å². The maximum Gasteiger partial charge on any atom is 0.260 e. The van der Waals surface area contributed by atoms with Crippen LogP contribution in [-0.4, -0.2) is 55.5 Å². The van der Waals surface area contributed by atoms with Gasteiger partial charge in [0.2, 0.25) is 0 Å². The van der Waals surface area contributed by atoms with Gasteiger partial charge < -0.3 is 14.5 Å². The van der Waals surface area contributed by atoms with Gasteiger partial charge in [-0.3, -0.25) is 4.79 Å². The minimum Gasteiger partial charge on any atom is -0.484 e. The Hall–Kier alpha value is -2.07. The molecular weight excluding hydrogens is 312 g/mol. The lowest BCUT2D eigenvalue weighted by Crippen LogP contribution is -2.52. The quantitative estimate of drug-likeness (QED) is 0.834. The number of likely N-dealkylation sites (N-methyl/N-ethyl adjacent to an activating group) is 2. The molecule has 4 nitrogen and oxygen atoms in total. The van der Waals surface area contributed by atoms with Crippen LogP contribution in [0.25, 0.3) is 10.8 Å². The van der Waals surface area contributed by atoms with E-state index in [9.17, 15) is 4.79 Å². The van der Waals surface area contributed by atoms with Crippen molar-refractivity contribution in [3.05, 3.63) is 42.5 Å². The highest BCUT2D eigenvalue weighted by molar-refractivity contribution is 5.84. The fraction of sp³-hybridized carbons (Fsp3) is 0.476. The normalized spacial score (nSPS) is 20.6. The zero-order valence-corrected chi connectivity index (χ0v) is 15.4. The van der Waals surface area contributed by atoms with Crippen LogP contribution < -0.4 is 4.74 Å². The van der Waals surface area contributed by atoms with Crippen LogP contribution in [0.2, 0.25) is 0 Å². The minimum absolute atomic E-state index is 0.0481. The number of carbonyl (C=O) groups excluding carboxylic acids is 1. The van der Waals surface area contributed by atoms with Gasteiger partial charge in [-0.25, -0.2) is 0 Å². The van der Waals surface area contributed by atoms with Gasteiger partial charge in [0.05, 0.1) is 0 Å². The molecule has 1 aliphatic carbocycles. The highest BCUT2D eigenvalue weighted by atomic mass is 16.5. The van der Waals surface area contributed by atoms with Gasteiger partial charge in [0, 0.05) is 19.1 Å². The summed E-state index contributed by atoms with van der Waals surface area (Å²) in [4.78, 5) is 16.8. The first-order chi connectivity index (χ1) is 12.1. The summed E-state index contributed by atoms with van der Waals surface area (Å²) in [5, 5.41) is 2.30. The molecule has 0 aliphatic heterocycles. The first-order valence-electron chi connectivity index (χ1n) is 9.10. The summed E-state index contributed by atoms with van der Waals surface area (Å²) >= 11 is 0. The van der Waals surface area contributed by atoms with E-state index in [2.05, 4.69) is 31.1 Å². The number of fused-ring (bicyclic) bond motifs is 1. The number of hydrogen-bond acceptors (Lipinski definition) is 3. The second-order valence-corrected chi connectivity index (χ2v) is 7.19. The molecule has 1 aliphatic rings. The molecule has 2 aromatic carbocycles. The molecule has 0 radical (unpaired) electrons. The van der Waals surface area contributed by atoms with Crippen molar-refractivity contribution in [1.29, 1.82) is 0 Å². The second kappa shape index (κ2) is 7.87. The Morgan fingerprint density at radius 1 is 1.00 bits per heavy atom. The molecule has 0 aromatic heterocycles. The zero-order valence-electron chi connectivity index (χ0n) is 15.4. The monoisotopic (exact) mass is 340 g/mol. The zero-order chi connectivity index (χ0) is 17.8. The first-order valence-corrected chi connectivity index (χ1v) is 9.10. The van der Waals surface area contributed by atoms with Crippen molar-refractivity contribution in [1.82, 2.24) is 9.80 Å². The molecule has 0 N–H and O–H groups in total. The molecule has 4 heteroatoms. The highest BCUT2D eigenvalue weighted by Gasteiger charge is 2.32. The van der Waals surface area contributed by atoms with Crippen molar-refractivity contribution in [3.8, 4) is 5.75 Å². The molecule has 0 saturated heterocycles. The number of rotatable bonds is 5. The highest BCUT2D eigenvalue weighted by Crippen LogP contribution is 2.26. The number of amides is 1. The standard InChI is InChI=1S/C21H28N2O2/c1-22(2)19-10-6-7-11-20(19)23(3)21(24)15-25-18-13-12-16-8-4-5-9-17(16)14-18/h4-5,8-9,12-14,19-20H,6-7,10-11,15H2,1-3H3. The van der Waals surface area contributed by atoms with E-state index in [1.54, 1.807) is 0 Å². The predicted octanol–water partition coefficient (Wildman–Crippen LogP) is 3.55. The number of hydrogen-bond donors (Lipinski definition) is 0. The Kier molecular flexibility index (Phi) is 5.59. The molecule has 2 unspecified atom stereocenters. The van der Waals surface area contributed by atoms with E-state index in [4.69, 9.17) is 4.74 Å². The summed E-state index contributed by atoms with van der Waals surface area (Å²) < 4.78 is 5.78. The second-order valence-electron chi connectivity index (χ2n) is 7.19. The van der Waals surface area contributed by atoms with Crippen molar-refractivity contribution in [2.75, 3.05) is 27.7 Å². The van der Waals surface area contributed by atoms with E-state index < -0.39 is 0 Å². The Labute approximate surface area is 150 Å². The van der Waals surface area contributed by atoms with Crippen LogP contribution in [0.3, 0.4) is 0 Å². The topological polar surface area (TPSA) is 32.8 Å². The van der Waals surface area contributed by atoms with Crippen molar-refractivity contribution in [2.45, 2.75) is 37.8 Å². The van der Waals surface area contributed by atoms with Crippen molar-refractivity contribution >= 4 is 16.7 Å². The van der Waals surface area contributed by atoms with Crippen LogP contribution in [0.15, 0.2) is 42.5 Å². The molecule has 2 atom stereocenters. The van der Waals surface area contributed by atoms with Crippen molar-refractivity contribution in [2.24, 2.45) is 0 Å². The summed E-state index contributed by atoms with van der Waals surface area (Å²) in [6.45, 7) is 0.0888. The van der Waals surface area contributed by atoms with E-state index in [1.807, 2.05) is 42.3 Å². The Morgan fingerprint density at radius 2 is 1.68 bits per heavy atom. The Morgan fingerprint density at radius 3 is 2.40 bits per heavy atom. The number of carbonyl (C=O) groups is 1. The van der Waals surface area contributed by atoms with E-state index in [1.165, 1.54) is 18.2 Å². The van der Waals surface area contributed by atoms with Gasteiger partial charge in [0.1, 0.15) is 5.75 Å². The third-order valence-electron chi connectivity index (χ3n) is 5.33. The van der Waals surface area contributed by atoms with Crippen molar-refractivity contribution < 1.29 is 9.53 Å². The summed E-state index contributed by atoms with van der Waals surface area (Å²) in [5.41, 5.74) is 0. The van der Waals surface area contributed by atoms with Gasteiger partial charge in [-0.15, -0.1) is 0 Å². The van der Waals surface area contributed by atoms with Crippen LogP contribution in [0.4, 0.5) is 0 Å². The van der Waals surface area contributed by atoms with Gasteiger partial charge in [-0.05, 0) is 49.8 Å². The summed E-state index contributed by atoms with van der Waals surface area (Å²) in [7, 11) is 6.12. The molecule has 0 spiro atoms. The molecule has 1 amide bonds. The molecule has 0 bridgehead atoms. The summed E-state index contributed by atoms with van der Waals surface area (Å²) in [6.07, 6.45) is 4.66. The smallest absolute Gasteiger partial charge is 0.260 e. The molecule has 0 heterocycles. The molecule has 1 fully saturated rings. The van der Waals surface area contributed by atoms with Crippen LogP contribution >= 0.6 is 0 Å². The molecular formula is C21H28N2O2. The largest absolute Gasteiger partial charge is 0.484 e. The number of ether oxygens (including phenoxy) is 1. The average Bonchev–Trinajstić information content (AvgIpc) is 2.65. The van der Waals surface area contributed by atoms with E-state index >= 15 is 0 Å². The molecule has 2 aromatic rings. The third kappa shape index (κ3) is 4.13. The Balaban J connectivity index is 1.62. The number of nitrogens with zero attached hydrogens (tertiary/aromatic N) is 2. The van der Waals surface area contributed by atoms with Crippen LogP contribution in [0.1, 0.15) is 25.7 Å². The average molecular weight is 340 g/mol. The SMILES string of the molecule is CN(C)C1CCCCC1N(C)C(=O)COc1ccc2ccccc2c1. The third-order valence-corrected chi connectivity index (χ3v) is 5.33. The van der Waals surface area contributed by atoms with Crippen LogP contribution in [0.5, 0.6) is 5.75 Å². The van der Waals surface area contributed by atoms with Gasteiger partial charge >= 0.3 is 0 Å². The molecule has 3 rings (SSSR count). The van der Waals surface area contributed by atoms with E-state index in [0.717, 1.165) is 24.0 Å². The minimum atomic E-state index is 0.0481. The van der Waals surface area contributed by atoms with E-state index in [0.29, 0.717) is 6.04 Å². The van der Waals surface area contributed by atoms with Crippen LogP contribution in [-0.2, 0) is 4.79 Å². The van der Waals surface area contributed by atoms with Gasteiger partial charge in [-0.2, -0.15) is 0 Å². The summed E-state index contributed by atoms with van der Waals surface area (Å²) in [6, 6.07) is 14.8. The number of benzene rings is 2. The predicted molar refractivity (Wildman–Crippen MR) is 102 cm³/mol. The lowest BCUT2D eigenvalue weighted by atomic mass is 9.88. The summed E-state index contributed by atoms with van der Waals surface area (Å²) in [5.74, 6) is 0.792. The fourth-order valence-corrected chi connectivity index (χ4v) is 3.83. The van der Waals surface area contributed by atoms with E-state index in [-0.39, 0.29) is 18.6 Å². The fourth-order valence-electron chi connectivity index (χ4n) is 3.83. The Bertz CT molecular complexity index is 729. The molecule has 134 valence electrons. The first kappa shape index (κ1) is 17.7. The van der Waals surface area contributed by atoms with Gasteiger partial charge in [-0.1, -0.05) is 43.2 Å². The lowest BCUT2D eigenvalue weighted by molar-refractivity contribution is -0.136. The van der Waals surface area contributed by atoms with Crippen molar-refractivity contribution in [3.63, 3.8) is 0 Å². The lowest BCUT2D eigenvalue weighted by Gasteiger charge is -2.41.